The molecule has 0 atom stereocenters. The number of benzene rings is 1. The molecule has 1 aromatic carbocycles. The Morgan fingerprint density at radius 3 is 2.30 bits per heavy atom. The van der Waals surface area contributed by atoms with Crippen molar-refractivity contribution in [1.29, 1.82) is 0 Å². The number of nitrogens with zero attached hydrogens (tertiary/aromatic N) is 1. The maximum absolute atomic E-state index is 13.3. The van der Waals surface area contributed by atoms with Crippen LogP contribution in [0.3, 0.4) is 0 Å². The van der Waals surface area contributed by atoms with Crippen molar-refractivity contribution in [3.63, 3.8) is 0 Å². The lowest BCUT2D eigenvalue weighted by Gasteiger charge is -2.33. The molecule has 0 bridgehead atoms. The molecule has 2 aromatic rings. The van der Waals surface area contributed by atoms with Crippen LogP contribution in [0.4, 0.5) is 10.2 Å². The van der Waals surface area contributed by atoms with Gasteiger partial charge in [-0.2, -0.15) is 0 Å². The first-order valence-electron chi connectivity index (χ1n) is 8.78. The Bertz CT molecular complexity index is 844. The third kappa shape index (κ3) is 5.32. The predicted octanol–water partition coefficient (Wildman–Crippen LogP) is 3.63. The number of hydrogen-bond donors (Lipinski definition) is 4. The van der Waals surface area contributed by atoms with Crippen molar-refractivity contribution < 1.29 is 9.18 Å². The number of nitrogens with two attached hydrogens (primary N) is 2. The molecule has 0 fully saturated rings. The number of nitrogens with one attached hydrogen (secondary N) is 2. The van der Waals surface area contributed by atoms with Gasteiger partial charge in [0.2, 0.25) is 0 Å². The summed E-state index contributed by atoms with van der Waals surface area (Å²) in [5.41, 5.74) is 12.2. The Kier molecular flexibility index (Phi) is 5.63. The standard InChI is InChI=1S/C20H28FN5O/c1-19(2,3)11-20(4,5)26-18-15(12-6-8-13(21)9-7-12)24-17(25-18)14(10-22)16(23)27/h6-10,26H,11,22H2,1-5H3,(H2,23,27)(H,24,25)/b14-10-. The molecule has 0 saturated carbocycles. The molecule has 27 heavy (non-hydrogen) atoms. The van der Waals surface area contributed by atoms with Gasteiger partial charge >= 0.3 is 0 Å². The highest BCUT2D eigenvalue weighted by molar-refractivity contribution is 6.17. The SMILES string of the molecule is CC(C)(C)CC(C)(C)Nc1nc(/C(=C\N)C(N)=O)[nH]c1-c1ccc(F)cc1. The molecule has 0 aliphatic rings. The van der Waals surface area contributed by atoms with Gasteiger partial charge in [-0.3, -0.25) is 4.79 Å². The zero-order valence-corrected chi connectivity index (χ0v) is 16.5. The summed E-state index contributed by atoms with van der Waals surface area (Å²) in [5.74, 6) is -0.206. The number of rotatable bonds is 6. The molecule has 146 valence electrons. The Labute approximate surface area is 159 Å². The van der Waals surface area contributed by atoms with Crippen molar-refractivity contribution in [2.24, 2.45) is 16.9 Å². The topological polar surface area (TPSA) is 110 Å². The molecule has 0 aliphatic heterocycles. The number of anilines is 1. The molecule has 0 saturated heterocycles. The zero-order chi connectivity index (χ0) is 20.4. The summed E-state index contributed by atoms with van der Waals surface area (Å²) >= 11 is 0. The maximum Gasteiger partial charge on any atom is 0.253 e. The van der Waals surface area contributed by atoms with E-state index in [9.17, 15) is 9.18 Å². The van der Waals surface area contributed by atoms with E-state index in [4.69, 9.17) is 11.5 Å². The lowest BCUT2D eigenvalue weighted by atomic mass is 9.82. The number of primary amides is 1. The normalized spacial score (nSPS) is 12.9. The van der Waals surface area contributed by atoms with Crippen LogP contribution < -0.4 is 16.8 Å². The van der Waals surface area contributed by atoms with E-state index in [0.717, 1.165) is 18.2 Å². The lowest BCUT2D eigenvalue weighted by molar-refractivity contribution is -0.112. The summed E-state index contributed by atoms with van der Waals surface area (Å²) in [7, 11) is 0. The monoisotopic (exact) mass is 373 g/mol. The number of hydrogen-bond acceptors (Lipinski definition) is 4. The van der Waals surface area contributed by atoms with Gasteiger partial charge < -0.3 is 21.8 Å². The van der Waals surface area contributed by atoms with Gasteiger partial charge in [0.25, 0.3) is 5.91 Å². The summed E-state index contributed by atoms with van der Waals surface area (Å²) < 4.78 is 13.3. The van der Waals surface area contributed by atoms with E-state index in [2.05, 4.69) is 49.9 Å². The fraction of sp³-hybridized carbons (Fsp3) is 0.400. The molecule has 0 aliphatic carbocycles. The van der Waals surface area contributed by atoms with Crippen LogP contribution >= 0.6 is 0 Å². The number of halogens is 1. The fourth-order valence-corrected chi connectivity index (χ4v) is 3.39. The second kappa shape index (κ2) is 7.42. The van der Waals surface area contributed by atoms with Crippen molar-refractivity contribution in [3.05, 3.63) is 42.1 Å². The number of aromatic nitrogens is 2. The van der Waals surface area contributed by atoms with Crippen LogP contribution in [0.2, 0.25) is 0 Å². The average molecular weight is 373 g/mol. The van der Waals surface area contributed by atoms with Gasteiger partial charge in [0.15, 0.2) is 5.82 Å². The van der Waals surface area contributed by atoms with E-state index in [0.29, 0.717) is 11.5 Å². The molecule has 0 spiro atoms. The highest BCUT2D eigenvalue weighted by atomic mass is 19.1. The van der Waals surface area contributed by atoms with Crippen LogP contribution in [0.25, 0.3) is 16.8 Å². The second-order valence-electron chi connectivity index (χ2n) is 8.51. The van der Waals surface area contributed by atoms with Crippen molar-refractivity contribution in [2.45, 2.75) is 46.6 Å². The number of amides is 1. The molecular weight excluding hydrogens is 345 g/mol. The van der Waals surface area contributed by atoms with E-state index in [-0.39, 0.29) is 28.2 Å². The Morgan fingerprint density at radius 2 is 1.81 bits per heavy atom. The fourth-order valence-electron chi connectivity index (χ4n) is 3.39. The van der Waals surface area contributed by atoms with Crippen molar-refractivity contribution >= 4 is 17.3 Å². The first kappa shape index (κ1) is 20.5. The molecule has 6 N–H and O–H groups in total. The van der Waals surface area contributed by atoms with Gasteiger partial charge in [0.1, 0.15) is 11.6 Å². The number of aromatic amines is 1. The third-order valence-corrected chi connectivity index (χ3v) is 3.95. The Morgan fingerprint density at radius 1 is 1.22 bits per heavy atom. The zero-order valence-electron chi connectivity index (χ0n) is 16.5. The molecule has 7 heteroatoms. The summed E-state index contributed by atoms with van der Waals surface area (Å²) in [5, 5.41) is 3.44. The summed E-state index contributed by atoms with van der Waals surface area (Å²) in [6.45, 7) is 10.6. The minimum Gasteiger partial charge on any atom is -0.404 e. The van der Waals surface area contributed by atoms with Crippen LogP contribution in [-0.4, -0.2) is 21.4 Å². The maximum atomic E-state index is 13.3. The Hall–Kier alpha value is -2.83. The molecule has 0 unspecified atom stereocenters. The van der Waals surface area contributed by atoms with E-state index in [1.165, 1.54) is 12.1 Å². The molecular formula is C20H28FN5O. The molecule has 0 radical (unpaired) electrons. The first-order valence-corrected chi connectivity index (χ1v) is 8.78. The first-order chi connectivity index (χ1) is 12.4. The van der Waals surface area contributed by atoms with Crippen LogP contribution in [0.1, 0.15) is 46.9 Å². The van der Waals surface area contributed by atoms with Crippen LogP contribution in [0, 0.1) is 11.2 Å². The molecule has 1 amide bonds. The number of carbonyl (C=O) groups excluding carboxylic acids is 1. The Balaban J connectivity index is 2.52. The van der Waals surface area contributed by atoms with Gasteiger partial charge in [-0.1, -0.05) is 20.8 Å². The highest BCUT2D eigenvalue weighted by Crippen LogP contribution is 2.34. The second-order valence-corrected chi connectivity index (χ2v) is 8.51. The summed E-state index contributed by atoms with van der Waals surface area (Å²) in [6, 6.07) is 6.02. The van der Waals surface area contributed by atoms with Crippen LogP contribution in [0.5, 0.6) is 0 Å². The third-order valence-electron chi connectivity index (χ3n) is 3.95. The van der Waals surface area contributed by atoms with Gasteiger partial charge in [-0.25, -0.2) is 9.37 Å². The van der Waals surface area contributed by atoms with E-state index >= 15 is 0 Å². The van der Waals surface area contributed by atoms with Gasteiger partial charge in [0.05, 0.1) is 11.3 Å². The van der Waals surface area contributed by atoms with Gasteiger partial charge in [0, 0.05) is 17.3 Å². The lowest BCUT2D eigenvalue weighted by Crippen LogP contribution is -2.35. The highest BCUT2D eigenvalue weighted by Gasteiger charge is 2.28. The largest absolute Gasteiger partial charge is 0.404 e. The van der Waals surface area contributed by atoms with Gasteiger partial charge in [-0.05, 0) is 49.9 Å². The minimum absolute atomic E-state index is 0.0834. The van der Waals surface area contributed by atoms with Crippen molar-refractivity contribution in [3.8, 4) is 11.3 Å². The van der Waals surface area contributed by atoms with Crippen LogP contribution in [-0.2, 0) is 4.79 Å². The quantitative estimate of drug-likeness (QED) is 0.580. The average Bonchev–Trinajstić information content (AvgIpc) is 2.88. The number of H-pyrrole nitrogens is 1. The molecule has 1 aromatic heterocycles. The molecule has 2 rings (SSSR count). The summed E-state index contributed by atoms with van der Waals surface area (Å²) in [4.78, 5) is 19.2. The summed E-state index contributed by atoms with van der Waals surface area (Å²) in [6.07, 6.45) is 2.00. The van der Waals surface area contributed by atoms with E-state index in [1.54, 1.807) is 12.1 Å². The predicted molar refractivity (Wildman–Crippen MR) is 107 cm³/mol. The van der Waals surface area contributed by atoms with Gasteiger partial charge in [-0.15, -0.1) is 0 Å². The molecule has 6 nitrogen and oxygen atoms in total. The van der Waals surface area contributed by atoms with Crippen molar-refractivity contribution in [2.75, 3.05) is 5.32 Å². The molecule has 1 heterocycles. The number of carbonyl (C=O) groups is 1. The van der Waals surface area contributed by atoms with Crippen LogP contribution in [0.15, 0.2) is 30.5 Å². The number of imidazole rings is 1. The van der Waals surface area contributed by atoms with Crippen molar-refractivity contribution in [1.82, 2.24) is 9.97 Å². The van der Waals surface area contributed by atoms with E-state index < -0.39 is 5.91 Å². The smallest absolute Gasteiger partial charge is 0.253 e. The van der Waals surface area contributed by atoms with E-state index in [1.807, 2.05) is 0 Å². The minimum atomic E-state index is -0.683.